The maximum Gasteiger partial charge on any atom is 0.255 e. The molecule has 102 valence electrons. The Bertz CT molecular complexity index is 614. The summed E-state index contributed by atoms with van der Waals surface area (Å²) in [6, 6.07) is 9.04. The number of carbonyl (C=O) groups excluding carboxylic acids is 1. The monoisotopic (exact) mass is 288 g/mol. The van der Waals surface area contributed by atoms with Crippen LogP contribution in [-0.4, -0.2) is 39.9 Å². The Hall–Kier alpha value is -2.14. The molecular formula is C14H13ClN4O. The van der Waals surface area contributed by atoms with Crippen molar-refractivity contribution in [2.24, 2.45) is 0 Å². The predicted molar refractivity (Wildman–Crippen MR) is 76.8 cm³/mol. The third-order valence-corrected chi connectivity index (χ3v) is 3.50. The van der Waals surface area contributed by atoms with E-state index >= 15 is 0 Å². The number of nitrogens with zero attached hydrogens (tertiary/aromatic N) is 3. The zero-order valence-corrected chi connectivity index (χ0v) is 11.4. The molecule has 6 heteroatoms. The van der Waals surface area contributed by atoms with E-state index in [-0.39, 0.29) is 11.9 Å². The molecule has 1 N–H and O–H groups in total. The summed E-state index contributed by atoms with van der Waals surface area (Å²) < 4.78 is 0. The Labute approximate surface area is 121 Å². The van der Waals surface area contributed by atoms with Crippen molar-refractivity contribution in [3.63, 3.8) is 0 Å². The summed E-state index contributed by atoms with van der Waals surface area (Å²) in [5.41, 5.74) is 0.545. The maximum atomic E-state index is 12.2. The predicted octanol–water partition coefficient (Wildman–Crippen LogP) is 2.07. The van der Waals surface area contributed by atoms with Crippen molar-refractivity contribution >= 4 is 23.5 Å². The van der Waals surface area contributed by atoms with Crippen molar-refractivity contribution in [1.82, 2.24) is 14.9 Å². The van der Waals surface area contributed by atoms with Crippen molar-refractivity contribution in [2.75, 3.05) is 18.4 Å². The molecule has 1 saturated heterocycles. The van der Waals surface area contributed by atoms with E-state index in [1.807, 2.05) is 12.1 Å². The van der Waals surface area contributed by atoms with Crippen molar-refractivity contribution in [2.45, 2.75) is 6.04 Å². The van der Waals surface area contributed by atoms with Gasteiger partial charge < -0.3 is 10.2 Å². The topological polar surface area (TPSA) is 58.1 Å². The number of benzene rings is 1. The molecule has 1 aliphatic heterocycles. The second-order valence-electron chi connectivity index (χ2n) is 4.60. The molecule has 0 unspecified atom stereocenters. The molecule has 5 nitrogen and oxygen atoms in total. The van der Waals surface area contributed by atoms with Gasteiger partial charge in [-0.2, -0.15) is 0 Å². The van der Waals surface area contributed by atoms with Gasteiger partial charge in [-0.1, -0.05) is 23.7 Å². The van der Waals surface area contributed by atoms with Crippen LogP contribution in [0.2, 0.25) is 5.02 Å². The third-order valence-electron chi connectivity index (χ3n) is 3.17. The van der Waals surface area contributed by atoms with Crippen LogP contribution in [0.3, 0.4) is 0 Å². The van der Waals surface area contributed by atoms with Crippen LogP contribution in [0.1, 0.15) is 10.4 Å². The summed E-state index contributed by atoms with van der Waals surface area (Å²) in [6.45, 7) is 1.25. The molecule has 0 spiro atoms. The highest BCUT2D eigenvalue weighted by Crippen LogP contribution is 2.21. The molecule has 0 radical (unpaired) electrons. The van der Waals surface area contributed by atoms with E-state index in [2.05, 4.69) is 15.3 Å². The summed E-state index contributed by atoms with van der Waals surface area (Å²) >= 11 is 6.03. The minimum Gasteiger partial charge on any atom is -0.348 e. The zero-order chi connectivity index (χ0) is 13.9. The summed E-state index contributed by atoms with van der Waals surface area (Å²) in [6.07, 6.45) is 3.36. The van der Waals surface area contributed by atoms with E-state index in [4.69, 9.17) is 11.6 Å². The standard InChI is InChI=1S/C14H13ClN4O/c15-12-5-2-1-4-11(12)13(20)19-8-10(9-19)18-14-16-6-3-7-17-14/h1-7,10H,8-9H2,(H,16,17,18). The Balaban J connectivity index is 1.58. The van der Waals surface area contributed by atoms with Gasteiger partial charge in [-0.05, 0) is 18.2 Å². The Morgan fingerprint density at radius 2 is 1.90 bits per heavy atom. The lowest BCUT2D eigenvalue weighted by atomic mass is 10.1. The number of likely N-dealkylation sites (tertiary alicyclic amines) is 1. The zero-order valence-electron chi connectivity index (χ0n) is 10.7. The van der Waals surface area contributed by atoms with Gasteiger partial charge in [0.2, 0.25) is 5.95 Å². The minimum atomic E-state index is -0.0392. The molecule has 1 amide bonds. The Kier molecular flexibility index (Phi) is 3.52. The van der Waals surface area contributed by atoms with Crippen LogP contribution in [0.15, 0.2) is 42.7 Å². The van der Waals surface area contributed by atoms with E-state index in [0.717, 1.165) is 0 Å². The number of hydrogen-bond acceptors (Lipinski definition) is 4. The summed E-state index contributed by atoms with van der Waals surface area (Å²) in [7, 11) is 0. The average molecular weight is 289 g/mol. The quantitative estimate of drug-likeness (QED) is 0.939. The highest BCUT2D eigenvalue weighted by molar-refractivity contribution is 6.33. The van der Waals surface area contributed by atoms with Crippen molar-refractivity contribution < 1.29 is 4.79 Å². The Morgan fingerprint density at radius 3 is 2.60 bits per heavy atom. The first kappa shape index (κ1) is 12.9. The van der Waals surface area contributed by atoms with Crippen molar-refractivity contribution in [3.05, 3.63) is 53.3 Å². The third kappa shape index (κ3) is 2.58. The molecule has 0 bridgehead atoms. The molecular weight excluding hydrogens is 276 g/mol. The average Bonchev–Trinajstić information content (AvgIpc) is 2.43. The fourth-order valence-electron chi connectivity index (χ4n) is 2.10. The second kappa shape index (κ2) is 5.46. The van der Waals surface area contributed by atoms with Crippen LogP contribution in [0.25, 0.3) is 0 Å². The number of nitrogens with one attached hydrogen (secondary N) is 1. The Morgan fingerprint density at radius 1 is 1.20 bits per heavy atom. The number of halogens is 1. The number of aromatic nitrogens is 2. The maximum absolute atomic E-state index is 12.2. The lowest BCUT2D eigenvalue weighted by molar-refractivity contribution is 0.0625. The van der Waals surface area contributed by atoms with Crippen molar-refractivity contribution in [3.8, 4) is 0 Å². The second-order valence-corrected chi connectivity index (χ2v) is 5.01. The molecule has 1 aromatic heterocycles. The van der Waals surface area contributed by atoms with Crippen LogP contribution >= 0.6 is 11.6 Å². The highest BCUT2D eigenvalue weighted by atomic mass is 35.5. The normalized spacial score (nSPS) is 14.8. The van der Waals surface area contributed by atoms with Crippen LogP contribution in [0.5, 0.6) is 0 Å². The van der Waals surface area contributed by atoms with Crippen LogP contribution in [0.4, 0.5) is 5.95 Å². The molecule has 0 aliphatic carbocycles. The highest BCUT2D eigenvalue weighted by Gasteiger charge is 2.32. The number of amides is 1. The van der Waals surface area contributed by atoms with E-state index in [1.54, 1.807) is 35.5 Å². The van der Waals surface area contributed by atoms with Gasteiger partial charge in [0.15, 0.2) is 0 Å². The van der Waals surface area contributed by atoms with Crippen LogP contribution in [-0.2, 0) is 0 Å². The van der Waals surface area contributed by atoms with E-state index in [1.165, 1.54) is 0 Å². The molecule has 20 heavy (non-hydrogen) atoms. The largest absolute Gasteiger partial charge is 0.348 e. The van der Waals surface area contributed by atoms with Crippen LogP contribution in [0, 0.1) is 0 Å². The SMILES string of the molecule is O=C(c1ccccc1Cl)N1CC(Nc2ncccn2)C1. The smallest absolute Gasteiger partial charge is 0.255 e. The first-order chi connectivity index (χ1) is 9.74. The van der Waals surface area contributed by atoms with E-state index in [9.17, 15) is 4.79 Å². The van der Waals surface area contributed by atoms with Gasteiger partial charge in [0, 0.05) is 25.5 Å². The molecule has 1 aromatic carbocycles. The summed E-state index contributed by atoms with van der Waals surface area (Å²) in [5.74, 6) is 0.546. The minimum absolute atomic E-state index is 0.0392. The lowest BCUT2D eigenvalue weighted by Crippen LogP contribution is -2.57. The van der Waals surface area contributed by atoms with Gasteiger partial charge in [0.1, 0.15) is 0 Å². The number of hydrogen-bond donors (Lipinski definition) is 1. The first-order valence-electron chi connectivity index (χ1n) is 6.31. The molecule has 1 aliphatic rings. The summed E-state index contributed by atoms with van der Waals surface area (Å²) in [5, 5.41) is 3.67. The molecule has 0 saturated carbocycles. The molecule has 2 heterocycles. The van der Waals surface area contributed by atoms with Gasteiger partial charge in [-0.3, -0.25) is 4.79 Å². The van der Waals surface area contributed by atoms with E-state index in [0.29, 0.717) is 29.6 Å². The van der Waals surface area contributed by atoms with Crippen LogP contribution < -0.4 is 5.32 Å². The molecule has 0 atom stereocenters. The number of rotatable bonds is 3. The fourth-order valence-corrected chi connectivity index (χ4v) is 2.31. The summed E-state index contributed by atoms with van der Waals surface area (Å²) in [4.78, 5) is 22.2. The lowest BCUT2D eigenvalue weighted by Gasteiger charge is -2.39. The molecule has 1 fully saturated rings. The van der Waals surface area contributed by atoms with Crippen molar-refractivity contribution in [1.29, 1.82) is 0 Å². The van der Waals surface area contributed by atoms with Gasteiger partial charge in [0.25, 0.3) is 5.91 Å². The molecule has 3 rings (SSSR count). The van der Waals surface area contributed by atoms with E-state index < -0.39 is 0 Å². The number of anilines is 1. The van der Waals surface area contributed by atoms with Gasteiger partial charge >= 0.3 is 0 Å². The molecule has 2 aromatic rings. The fraction of sp³-hybridized carbons (Fsp3) is 0.214. The number of carbonyl (C=O) groups is 1. The van der Waals surface area contributed by atoms with Gasteiger partial charge in [0.05, 0.1) is 16.6 Å². The van der Waals surface area contributed by atoms with Gasteiger partial charge in [-0.25, -0.2) is 9.97 Å². The van der Waals surface area contributed by atoms with Gasteiger partial charge in [-0.15, -0.1) is 0 Å². The first-order valence-corrected chi connectivity index (χ1v) is 6.69.